The Bertz CT molecular complexity index is 434. The summed E-state index contributed by atoms with van der Waals surface area (Å²) in [5.74, 6) is 0.573. The molecule has 0 saturated carbocycles. The summed E-state index contributed by atoms with van der Waals surface area (Å²) in [6.45, 7) is 6.50. The second kappa shape index (κ2) is 5.61. The third-order valence-corrected chi connectivity index (χ3v) is 3.89. The molecule has 2 N–H and O–H groups in total. The van der Waals surface area contributed by atoms with Crippen molar-refractivity contribution >= 4 is 11.7 Å². The van der Waals surface area contributed by atoms with E-state index >= 15 is 0 Å². The van der Waals surface area contributed by atoms with Gasteiger partial charge in [0.15, 0.2) is 0 Å². The summed E-state index contributed by atoms with van der Waals surface area (Å²) in [5, 5.41) is 4.72. The molecule has 4 heteroatoms. The van der Waals surface area contributed by atoms with E-state index in [1.54, 1.807) is 5.01 Å². The van der Waals surface area contributed by atoms with Crippen LogP contribution in [0.15, 0.2) is 30.3 Å². The van der Waals surface area contributed by atoms with E-state index in [4.69, 9.17) is 0 Å². The minimum Gasteiger partial charge on any atom is -0.317 e. The van der Waals surface area contributed by atoms with Crippen LogP contribution in [0.5, 0.6) is 0 Å². The van der Waals surface area contributed by atoms with Crippen LogP contribution in [0.1, 0.15) is 40.0 Å². The summed E-state index contributed by atoms with van der Waals surface area (Å²) in [7, 11) is 0. The highest BCUT2D eigenvalue weighted by molar-refractivity contribution is 5.93. The number of carbonyl (C=O) groups is 1. The van der Waals surface area contributed by atoms with Crippen LogP contribution in [0.4, 0.5) is 10.5 Å². The molecule has 1 aliphatic heterocycles. The van der Waals surface area contributed by atoms with Crippen molar-refractivity contribution < 1.29 is 4.79 Å². The Morgan fingerprint density at radius 2 is 1.95 bits per heavy atom. The molecule has 1 aliphatic rings. The summed E-state index contributed by atoms with van der Waals surface area (Å²) in [6, 6.07) is 9.61. The van der Waals surface area contributed by atoms with E-state index in [-0.39, 0.29) is 11.7 Å². The van der Waals surface area contributed by atoms with Gasteiger partial charge in [0.2, 0.25) is 0 Å². The lowest BCUT2D eigenvalue weighted by molar-refractivity contribution is 0.231. The smallest absolute Gasteiger partial charge is 0.317 e. The van der Waals surface area contributed by atoms with Gasteiger partial charge < -0.3 is 5.32 Å². The molecule has 2 atom stereocenters. The molecule has 2 rings (SSSR count). The molecule has 2 unspecified atom stereocenters. The third kappa shape index (κ3) is 2.89. The monoisotopic (exact) mass is 261 g/mol. The van der Waals surface area contributed by atoms with Gasteiger partial charge in [-0.25, -0.2) is 15.2 Å². The van der Waals surface area contributed by atoms with Gasteiger partial charge in [0.05, 0.1) is 5.69 Å². The Morgan fingerprint density at radius 1 is 1.26 bits per heavy atom. The highest BCUT2D eigenvalue weighted by Gasteiger charge is 2.41. The number of nitrogens with one attached hydrogen (secondary N) is 2. The first-order chi connectivity index (χ1) is 9.10. The van der Waals surface area contributed by atoms with Gasteiger partial charge in [-0.3, -0.25) is 0 Å². The first-order valence-electron chi connectivity index (χ1n) is 7.05. The van der Waals surface area contributed by atoms with E-state index < -0.39 is 0 Å². The standard InChI is InChI=1S/C15H23N3O/c1-4-12(3)11-15(5-2)16-14(19)18(17-15)13-9-7-6-8-10-13/h6-10,12,17H,4-5,11H2,1-3H3,(H,16,19). The minimum absolute atomic E-state index is 0.0728. The Kier molecular flexibility index (Phi) is 4.10. The number of urea groups is 1. The van der Waals surface area contributed by atoms with Crippen LogP contribution in [0.2, 0.25) is 0 Å². The maximum Gasteiger partial charge on any atom is 0.338 e. The second-order valence-corrected chi connectivity index (χ2v) is 5.37. The molecular weight excluding hydrogens is 238 g/mol. The fraction of sp³-hybridized carbons (Fsp3) is 0.533. The van der Waals surface area contributed by atoms with Crippen molar-refractivity contribution in [3.8, 4) is 0 Å². The molecule has 19 heavy (non-hydrogen) atoms. The van der Waals surface area contributed by atoms with Crippen molar-refractivity contribution in [1.29, 1.82) is 0 Å². The fourth-order valence-electron chi connectivity index (χ4n) is 2.46. The van der Waals surface area contributed by atoms with Gasteiger partial charge in [0, 0.05) is 0 Å². The van der Waals surface area contributed by atoms with Gasteiger partial charge in [0.1, 0.15) is 5.66 Å². The van der Waals surface area contributed by atoms with Crippen LogP contribution in [0, 0.1) is 5.92 Å². The first kappa shape index (κ1) is 13.9. The number of hydrazine groups is 1. The molecule has 1 saturated heterocycles. The molecule has 1 aromatic carbocycles. The van der Waals surface area contributed by atoms with Gasteiger partial charge >= 0.3 is 6.03 Å². The lowest BCUT2D eigenvalue weighted by Gasteiger charge is -2.30. The van der Waals surface area contributed by atoms with Gasteiger partial charge in [-0.15, -0.1) is 0 Å². The number of rotatable bonds is 5. The van der Waals surface area contributed by atoms with Crippen molar-refractivity contribution in [3.63, 3.8) is 0 Å². The average Bonchev–Trinajstić information content (AvgIpc) is 2.77. The van der Waals surface area contributed by atoms with Crippen LogP contribution >= 0.6 is 0 Å². The zero-order valence-corrected chi connectivity index (χ0v) is 11.9. The predicted molar refractivity (Wildman–Crippen MR) is 77.7 cm³/mol. The van der Waals surface area contributed by atoms with Crippen molar-refractivity contribution in [2.24, 2.45) is 5.92 Å². The summed E-state index contributed by atoms with van der Waals surface area (Å²) >= 11 is 0. The SMILES string of the molecule is CCC(C)CC1(CC)NC(=O)N(c2ccccc2)N1. The topological polar surface area (TPSA) is 44.4 Å². The molecule has 104 valence electrons. The second-order valence-electron chi connectivity index (χ2n) is 5.37. The number of hydrogen-bond donors (Lipinski definition) is 2. The molecule has 0 aromatic heterocycles. The average molecular weight is 261 g/mol. The predicted octanol–water partition coefficient (Wildman–Crippen LogP) is 3.26. The quantitative estimate of drug-likeness (QED) is 0.854. The third-order valence-electron chi connectivity index (χ3n) is 3.89. The fourth-order valence-corrected chi connectivity index (χ4v) is 2.46. The van der Waals surface area contributed by atoms with Crippen molar-refractivity contribution in [3.05, 3.63) is 30.3 Å². The lowest BCUT2D eigenvalue weighted by atomic mass is 9.93. The van der Waals surface area contributed by atoms with Crippen LogP contribution < -0.4 is 15.8 Å². The highest BCUT2D eigenvalue weighted by atomic mass is 16.2. The van der Waals surface area contributed by atoms with Crippen molar-refractivity contribution in [2.45, 2.75) is 45.7 Å². The van der Waals surface area contributed by atoms with E-state index in [0.29, 0.717) is 5.92 Å². The summed E-state index contributed by atoms with van der Waals surface area (Å²) in [5.41, 5.74) is 3.92. The van der Waals surface area contributed by atoms with Crippen molar-refractivity contribution in [1.82, 2.24) is 10.7 Å². The van der Waals surface area contributed by atoms with Crippen LogP contribution in [-0.2, 0) is 0 Å². The lowest BCUT2D eigenvalue weighted by Crippen LogP contribution is -2.51. The van der Waals surface area contributed by atoms with E-state index in [2.05, 4.69) is 31.5 Å². The van der Waals surface area contributed by atoms with Gasteiger partial charge in [-0.1, -0.05) is 45.4 Å². The molecule has 2 amide bonds. The van der Waals surface area contributed by atoms with E-state index in [0.717, 1.165) is 24.9 Å². The van der Waals surface area contributed by atoms with Crippen LogP contribution in [0.3, 0.4) is 0 Å². The largest absolute Gasteiger partial charge is 0.338 e. The minimum atomic E-state index is -0.317. The Morgan fingerprint density at radius 3 is 2.53 bits per heavy atom. The number of carbonyl (C=O) groups excluding carboxylic acids is 1. The molecule has 0 aliphatic carbocycles. The number of amides is 2. The molecule has 0 spiro atoms. The number of benzene rings is 1. The Balaban J connectivity index is 2.17. The van der Waals surface area contributed by atoms with Gasteiger partial charge in [-0.2, -0.15) is 0 Å². The number of nitrogens with zero attached hydrogens (tertiary/aromatic N) is 1. The maximum absolute atomic E-state index is 12.2. The summed E-state index contributed by atoms with van der Waals surface area (Å²) < 4.78 is 0. The zero-order valence-electron chi connectivity index (χ0n) is 11.9. The Hall–Kier alpha value is -1.55. The van der Waals surface area contributed by atoms with E-state index in [1.165, 1.54) is 0 Å². The number of para-hydroxylation sites is 1. The Labute approximate surface area is 115 Å². The molecule has 0 bridgehead atoms. The number of anilines is 1. The van der Waals surface area contributed by atoms with Crippen LogP contribution in [-0.4, -0.2) is 11.7 Å². The normalized spacial score (nSPS) is 24.4. The molecule has 1 aromatic rings. The molecule has 0 radical (unpaired) electrons. The van der Waals surface area contributed by atoms with Crippen molar-refractivity contribution in [2.75, 3.05) is 5.01 Å². The van der Waals surface area contributed by atoms with E-state index in [1.807, 2.05) is 30.3 Å². The molecule has 1 heterocycles. The molecule has 1 fully saturated rings. The maximum atomic E-state index is 12.2. The highest BCUT2D eigenvalue weighted by Crippen LogP contribution is 2.27. The first-order valence-corrected chi connectivity index (χ1v) is 7.05. The zero-order chi connectivity index (χ0) is 13.9. The molecular formula is C15H23N3O. The molecule has 4 nitrogen and oxygen atoms in total. The van der Waals surface area contributed by atoms with Crippen LogP contribution in [0.25, 0.3) is 0 Å². The van der Waals surface area contributed by atoms with Gasteiger partial charge in [-0.05, 0) is 30.9 Å². The van der Waals surface area contributed by atoms with Gasteiger partial charge in [0.25, 0.3) is 0 Å². The summed E-state index contributed by atoms with van der Waals surface area (Å²) in [6.07, 6.45) is 2.92. The number of hydrogen-bond acceptors (Lipinski definition) is 2. The summed E-state index contributed by atoms with van der Waals surface area (Å²) in [4.78, 5) is 12.2. The van der Waals surface area contributed by atoms with E-state index in [9.17, 15) is 4.79 Å².